The summed E-state index contributed by atoms with van der Waals surface area (Å²) in [5.74, 6) is 0.956. The van der Waals surface area contributed by atoms with E-state index in [-0.39, 0.29) is 5.91 Å². The molecule has 1 amide bonds. The highest BCUT2D eigenvalue weighted by Crippen LogP contribution is 2.22. The highest BCUT2D eigenvalue weighted by atomic mass is 16.5. The molecule has 0 aliphatic rings. The number of carbonyl (C=O) groups is 1. The van der Waals surface area contributed by atoms with Crippen LogP contribution in [0.5, 0.6) is 11.5 Å². The Balaban J connectivity index is 1.71. The molecule has 0 bridgehead atoms. The average molecular weight is 337 g/mol. The van der Waals surface area contributed by atoms with Gasteiger partial charge in [0.25, 0.3) is 5.91 Å². The number of aromatic nitrogens is 2. The Labute approximate surface area is 146 Å². The van der Waals surface area contributed by atoms with Gasteiger partial charge in [-0.2, -0.15) is 5.10 Å². The second-order valence-corrected chi connectivity index (χ2v) is 5.40. The molecule has 6 nitrogen and oxygen atoms in total. The maximum absolute atomic E-state index is 12.4. The predicted molar refractivity (Wildman–Crippen MR) is 94.3 cm³/mol. The lowest BCUT2D eigenvalue weighted by atomic mass is 10.1. The van der Waals surface area contributed by atoms with E-state index in [9.17, 15) is 4.79 Å². The lowest BCUT2D eigenvalue weighted by molar-refractivity contribution is 0.0950. The molecule has 6 heteroatoms. The number of methoxy groups -OCH3 is 2. The van der Waals surface area contributed by atoms with Gasteiger partial charge in [0.05, 0.1) is 19.9 Å². The zero-order valence-corrected chi connectivity index (χ0v) is 14.1. The molecule has 1 heterocycles. The van der Waals surface area contributed by atoms with E-state index in [1.165, 1.54) is 0 Å². The molecule has 0 radical (unpaired) electrons. The summed E-state index contributed by atoms with van der Waals surface area (Å²) in [5, 5.41) is 7.12. The molecule has 0 saturated heterocycles. The van der Waals surface area contributed by atoms with Gasteiger partial charge in [-0.1, -0.05) is 12.1 Å². The zero-order chi connectivity index (χ0) is 17.6. The minimum atomic E-state index is -0.193. The van der Waals surface area contributed by atoms with E-state index in [0.29, 0.717) is 23.6 Å². The predicted octanol–water partition coefficient (Wildman–Crippen LogP) is 2.82. The number of amides is 1. The van der Waals surface area contributed by atoms with Gasteiger partial charge in [-0.25, -0.2) is 4.68 Å². The van der Waals surface area contributed by atoms with E-state index in [1.807, 2.05) is 36.5 Å². The Hall–Kier alpha value is -3.28. The van der Waals surface area contributed by atoms with E-state index in [4.69, 9.17) is 9.47 Å². The number of benzene rings is 2. The molecule has 1 N–H and O–H groups in total. The Kier molecular flexibility index (Phi) is 4.99. The van der Waals surface area contributed by atoms with Crippen molar-refractivity contribution >= 4 is 5.91 Å². The Bertz CT molecular complexity index is 838. The Morgan fingerprint density at radius 2 is 1.84 bits per heavy atom. The lowest BCUT2D eigenvalue weighted by Gasteiger charge is -2.10. The highest BCUT2D eigenvalue weighted by molar-refractivity contribution is 5.95. The van der Waals surface area contributed by atoms with Crippen LogP contribution in [0.2, 0.25) is 0 Å². The van der Waals surface area contributed by atoms with Crippen LogP contribution < -0.4 is 14.8 Å². The smallest absolute Gasteiger partial charge is 0.251 e. The molecule has 0 fully saturated rings. The van der Waals surface area contributed by atoms with E-state index in [0.717, 1.165) is 11.3 Å². The first-order valence-electron chi connectivity index (χ1n) is 7.80. The van der Waals surface area contributed by atoms with Crippen LogP contribution in [0.4, 0.5) is 0 Å². The van der Waals surface area contributed by atoms with Crippen molar-refractivity contribution in [2.45, 2.75) is 6.54 Å². The molecule has 0 saturated carbocycles. The molecular formula is C19H19N3O3. The highest BCUT2D eigenvalue weighted by Gasteiger charge is 2.10. The van der Waals surface area contributed by atoms with Crippen molar-refractivity contribution in [2.75, 3.05) is 14.2 Å². The molecule has 0 aliphatic heterocycles. The number of carbonyl (C=O) groups excluding carboxylic acids is 1. The SMILES string of the molecule is COc1cc(OC)cc(C(=O)NCc2cccc(-n3cccn3)c2)c1. The second kappa shape index (κ2) is 7.53. The van der Waals surface area contributed by atoms with Crippen LogP contribution in [-0.4, -0.2) is 29.9 Å². The Morgan fingerprint density at radius 3 is 2.48 bits per heavy atom. The van der Waals surface area contributed by atoms with Gasteiger partial charge >= 0.3 is 0 Å². The van der Waals surface area contributed by atoms with E-state index in [1.54, 1.807) is 43.3 Å². The van der Waals surface area contributed by atoms with Gasteiger partial charge in [0.1, 0.15) is 11.5 Å². The molecule has 25 heavy (non-hydrogen) atoms. The maximum Gasteiger partial charge on any atom is 0.251 e. The molecule has 0 spiro atoms. The fourth-order valence-electron chi connectivity index (χ4n) is 2.45. The number of nitrogens with zero attached hydrogens (tertiary/aromatic N) is 2. The average Bonchev–Trinajstić information content (AvgIpc) is 3.20. The Morgan fingerprint density at radius 1 is 1.08 bits per heavy atom. The largest absolute Gasteiger partial charge is 0.497 e. The molecule has 128 valence electrons. The first-order valence-corrected chi connectivity index (χ1v) is 7.80. The summed E-state index contributed by atoms with van der Waals surface area (Å²) in [6.45, 7) is 0.410. The quantitative estimate of drug-likeness (QED) is 0.751. The van der Waals surface area contributed by atoms with Crippen molar-refractivity contribution < 1.29 is 14.3 Å². The minimum Gasteiger partial charge on any atom is -0.497 e. The summed E-state index contributed by atoms with van der Waals surface area (Å²) in [5.41, 5.74) is 2.41. The van der Waals surface area contributed by atoms with Crippen LogP contribution in [0.25, 0.3) is 5.69 Å². The van der Waals surface area contributed by atoms with Crippen molar-refractivity contribution in [3.63, 3.8) is 0 Å². The molecule has 0 unspecified atom stereocenters. The normalized spacial score (nSPS) is 10.3. The van der Waals surface area contributed by atoms with Gasteiger partial charge in [-0.3, -0.25) is 4.79 Å². The summed E-state index contributed by atoms with van der Waals surface area (Å²) < 4.78 is 12.2. The van der Waals surface area contributed by atoms with Crippen LogP contribution in [0, 0.1) is 0 Å². The van der Waals surface area contributed by atoms with Gasteiger partial charge in [0.2, 0.25) is 0 Å². The molecule has 3 aromatic rings. The fraction of sp³-hybridized carbons (Fsp3) is 0.158. The van der Waals surface area contributed by atoms with Gasteiger partial charge in [-0.05, 0) is 35.9 Å². The van der Waals surface area contributed by atoms with Crippen LogP contribution in [-0.2, 0) is 6.54 Å². The van der Waals surface area contributed by atoms with Crippen molar-refractivity contribution in [1.29, 1.82) is 0 Å². The number of ether oxygens (including phenoxy) is 2. The standard InChI is InChI=1S/C19H19N3O3/c1-24-17-10-15(11-18(12-17)25-2)19(23)20-13-14-5-3-6-16(9-14)22-8-4-7-21-22/h3-12H,13H2,1-2H3,(H,20,23). The van der Waals surface area contributed by atoms with Crippen LogP contribution in [0.1, 0.15) is 15.9 Å². The topological polar surface area (TPSA) is 65.4 Å². The summed E-state index contributed by atoms with van der Waals surface area (Å²) >= 11 is 0. The molecule has 0 atom stereocenters. The number of rotatable bonds is 6. The van der Waals surface area contributed by atoms with Crippen molar-refractivity contribution in [3.05, 3.63) is 72.1 Å². The van der Waals surface area contributed by atoms with Gasteiger partial charge in [-0.15, -0.1) is 0 Å². The van der Waals surface area contributed by atoms with Crippen molar-refractivity contribution in [1.82, 2.24) is 15.1 Å². The summed E-state index contributed by atoms with van der Waals surface area (Å²) in [6, 6.07) is 14.8. The van der Waals surface area contributed by atoms with Crippen LogP contribution >= 0.6 is 0 Å². The van der Waals surface area contributed by atoms with Gasteiger partial charge in [0.15, 0.2) is 0 Å². The number of nitrogens with one attached hydrogen (secondary N) is 1. The third kappa shape index (κ3) is 3.98. The number of hydrogen-bond acceptors (Lipinski definition) is 4. The lowest BCUT2D eigenvalue weighted by Crippen LogP contribution is -2.23. The summed E-state index contributed by atoms with van der Waals surface area (Å²) in [4.78, 5) is 12.4. The number of hydrogen-bond donors (Lipinski definition) is 1. The molecule has 3 rings (SSSR count). The van der Waals surface area contributed by atoms with E-state index >= 15 is 0 Å². The summed E-state index contributed by atoms with van der Waals surface area (Å²) in [7, 11) is 3.11. The molecular weight excluding hydrogens is 318 g/mol. The first kappa shape index (κ1) is 16.6. The third-order valence-electron chi connectivity index (χ3n) is 3.75. The van der Waals surface area contributed by atoms with E-state index < -0.39 is 0 Å². The summed E-state index contributed by atoms with van der Waals surface area (Å²) in [6.07, 6.45) is 3.60. The second-order valence-electron chi connectivity index (χ2n) is 5.40. The minimum absolute atomic E-state index is 0.193. The van der Waals surface area contributed by atoms with Crippen LogP contribution in [0.3, 0.4) is 0 Å². The van der Waals surface area contributed by atoms with E-state index in [2.05, 4.69) is 10.4 Å². The monoisotopic (exact) mass is 337 g/mol. The van der Waals surface area contributed by atoms with Gasteiger partial charge < -0.3 is 14.8 Å². The van der Waals surface area contributed by atoms with Crippen LogP contribution in [0.15, 0.2) is 60.9 Å². The van der Waals surface area contributed by atoms with Crippen molar-refractivity contribution in [3.8, 4) is 17.2 Å². The third-order valence-corrected chi connectivity index (χ3v) is 3.75. The zero-order valence-electron chi connectivity index (χ0n) is 14.1. The first-order chi connectivity index (χ1) is 12.2. The maximum atomic E-state index is 12.4. The van der Waals surface area contributed by atoms with Gasteiger partial charge in [0, 0.05) is 30.6 Å². The molecule has 1 aromatic heterocycles. The van der Waals surface area contributed by atoms with Crippen molar-refractivity contribution in [2.24, 2.45) is 0 Å². The molecule has 2 aromatic carbocycles. The fourth-order valence-corrected chi connectivity index (χ4v) is 2.45. The molecule has 0 aliphatic carbocycles.